The van der Waals surface area contributed by atoms with Gasteiger partial charge in [0.15, 0.2) is 0 Å². The number of aromatic nitrogens is 2. The number of H-pyrrole nitrogens is 1. The molecule has 6 nitrogen and oxygen atoms in total. The van der Waals surface area contributed by atoms with E-state index in [9.17, 15) is 4.79 Å². The largest absolute Gasteiger partial charge is 0.364 e. The number of hydrogen-bond donors (Lipinski definition) is 2. The summed E-state index contributed by atoms with van der Waals surface area (Å²) in [6, 6.07) is 14.3. The first-order valence-electron chi connectivity index (χ1n) is 9.36. The number of nitrogens with zero attached hydrogens (tertiary/aromatic N) is 2. The molecule has 2 atom stereocenters. The predicted molar refractivity (Wildman–Crippen MR) is 102 cm³/mol. The quantitative estimate of drug-likeness (QED) is 0.749. The molecule has 6 heteroatoms. The van der Waals surface area contributed by atoms with Gasteiger partial charge in [0, 0.05) is 37.4 Å². The number of ether oxygens (including phenoxy) is 1. The second kappa shape index (κ2) is 6.48. The van der Waals surface area contributed by atoms with Crippen LogP contribution in [0.2, 0.25) is 0 Å². The van der Waals surface area contributed by atoms with Crippen molar-refractivity contribution >= 4 is 16.9 Å². The normalized spacial score (nSPS) is 25.9. The van der Waals surface area contributed by atoms with Crippen molar-refractivity contribution in [1.82, 2.24) is 20.2 Å². The third kappa shape index (κ3) is 2.81. The SMILES string of the molecule is O=C1CO[C@@H]2CN(Cc3c[nH]c4ncccc34)CC[C@@]2(c2ccccc2)N1. The van der Waals surface area contributed by atoms with E-state index in [0.717, 1.165) is 42.7 Å². The Bertz CT molecular complexity index is 970. The molecule has 1 amide bonds. The molecular formula is C21H22N4O2. The first-order chi connectivity index (χ1) is 13.2. The molecule has 0 unspecified atom stereocenters. The van der Waals surface area contributed by atoms with Crippen LogP contribution in [-0.2, 0) is 21.6 Å². The number of likely N-dealkylation sites (tertiary alicyclic amines) is 1. The number of nitrogens with one attached hydrogen (secondary N) is 2. The molecule has 2 aromatic heterocycles. The fourth-order valence-electron chi connectivity index (χ4n) is 4.44. The van der Waals surface area contributed by atoms with Crippen LogP contribution >= 0.6 is 0 Å². The number of benzene rings is 1. The first-order valence-corrected chi connectivity index (χ1v) is 9.36. The van der Waals surface area contributed by atoms with Gasteiger partial charge in [-0.1, -0.05) is 30.3 Å². The van der Waals surface area contributed by atoms with E-state index in [1.807, 2.05) is 30.5 Å². The fraction of sp³-hybridized carbons (Fsp3) is 0.333. The van der Waals surface area contributed by atoms with Crippen molar-refractivity contribution in [2.45, 2.75) is 24.6 Å². The third-order valence-electron chi connectivity index (χ3n) is 5.79. The van der Waals surface area contributed by atoms with E-state index in [2.05, 4.69) is 38.4 Å². The smallest absolute Gasteiger partial charge is 0.246 e. The number of carbonyl (C=O) groups excluding carboxylic acids is 1. The van der Waals surface area contributed by atoms with Crippen molar-refractivity contribution in [3.63, 3.8) is 0 Å². The molecule has 2 N–H and O–H groups in total. The predicted octanol–water partition coefficient (Wildman–Crippen LogP) is 2.18. The molecule has 4 heterocycles. The zero-order valence-corrected chi connectivity index (χ0v) is 15.0. The molecule has 2 saturated heterocycles. The lowest BCUT2D eigenvalue weighted by molar-refractivity contribution is -0.152. The van der Waals surface area contributed by atoms with E-state index in [4.69, 9.17) is 4.74 Å². The minimum absolute atomic E-state index is 0.0359. The van der Waals surface area contributed by atoms with Gasteiger partial charge in [0.25, 0.3) is 0 Å². The first kappa shape index (κ1) is 16.5. The number of morpholine rings is 1. The maximum absolute atomic E-state index is 12.1. The van der Waals surface area contributed by atoms with Crippen molar-refractivity contribution in [1.29, 1.82) is 0 Å². The highest BCUT2D eigenvalue weighted by molar-refractivity contribution is 5.80. The van der Waals surface area contributed by atoms with Crippen LogP contribution in [0, 0.1) is 0 Å². The van der Waals surface area contributed by atoms with Gasteiger partial charge in [-0.15, -0.1) is 0 Å². The van der Waals surface area contributed by atoms with Crippen LogP contribution in [0.3, 0.4) is 0 Å². The lowest BCUT2D eigenvalue weighted by atomic mass is 9.77. The van der Waals surface area contributed by atoms with Gasteiger partial charge >= 0.3 is 0 Å². The third-order valence-corrected chi connectivity index (χ3v) is 5.79. The van der Waals surface area contributed by atoms with Crippen LogP contribution < -0.4 is 5.32 Å². The van der Waals surface area contributed by atoms with Gasteiger partial charge in [-0.3, -0.25) is 9.69 Å². The molecule has 138 valence electrons. The maximum Gasteiger partial charge on any atom is 0.246 e. The molecule has 0 spiro atoms. The Kier molecular flexibility index (Phi) is 3.95. The van der Waals surface area contributed by atoms with Gasteiger partial charge in [-0.25, -0.2) is 4.98 Å². The Morgan fingerprint density at radius 3 is 3.00 bits per heavy atom. The van der Waals surface area contributed by atoms with E-state index in [0.29, 0.717) is 0 Å². The van der Waals surface area contributed by atoms with Crippen molar-refractivity contribution < 1.29 is 9.53 Å². The maximum atomic E-state index is 12.1. The minimum Gasteiger partial charge on any atom is -0.364 e. The zero-order valence-electron chi connectivity index (χ0n) is 15.0. The van der Waals surface area contributed by atoms with E-state index in [1.165, 1.54) is 5.56 Å². The molecular weight excluding hydrogens is 340 g/mol. The van der Waals surface area contributed by atoms with Gasteiger partial charge in [-0.2, -0.15) is 0 Å². The summed E-state index contributed by atoms with van der Waals surface area (Å²) in [6.45, 7) is 2.64. The number of fused-ring (bicyclic) bond motifs is 2. The topological polar surface area (TPSA) is 70.2 Å². The Morgan fingerprint density at radius 2 is 2.11 bits per heavy atom. The molecule has 0 radical (unpaired) electrons. The summed E-state index contributed by atoms with van der Waals surface area (Å²) < 4.78 is 6.01. The molecule has 3 aromatic rings. The van der Waals surface area contributed by atoms with Crippen LogP contribution in [0.25, 0.3) is 11.0 Å². The Balaban J connectivity index is 1.41. The molecule has 2 fully saturated rings. The summed E-state index contributed by atoms with van der Waals surface area (Å²) in [5.41, 5.74) is 2.85. The number of hydrogen-bond acceptors (Lipinski definition) is 4. The molecule has 1 aromatic carbocycles. The summed E-state index contributed by atoms with van der Waals surface area (Å²) in [5, 5.41) is 4.41. The number of amides is 1. The van der Waals surface area contributed by atoms with Gasteiger partial charge in [0.05, 0.1) is 11.6 Å². The van der Waals surface area contributed by atoms with Gasteiger partial charge in [0.2, 0.25) is 5.91 Å². The highest BCUT2D eigenvalue weighted by Crippen LogP contribution is 2.37. The van der Waals surface area contributed by atoms with Crippen molar-refractivity contribution in [3.05, 3.63) is 66.0 Å². The molecule has 0 bridgehead atoms. The minimum atomic E-state index is -0.436. The van der Waals surface area contributed by atoms with E-state index < -0.39 is 5.54 Å². The highest BCUT2D eigenvalue weighted by Gasteiger charge is 2.48. The summed E-state index contributed by atoms with van der Waals surface area (Å²) in [7, 11) is 0. The second-order valence-corrected chi connectivity index (χ2v) is 7.38. The van der Waals surface area contributed by atoms with E-state index in [-0.39, 0.29) is 18.6 Å². The molecule has 0 aliphatic carbocycles. The standard InChI is InChI=1S/C21H22N4O2/c26-19-14-27-18-13-25(12-15-11-23-20-17(15)7-4-9-22-20)10-8-21(18,24-19)16-5-2-1-3-6-16/h1-7,9,11,18H,8,10,12-14H2,(H,22,23)(H,24,26)/t18-,21+/m1/s1. The van der Waals surface area contributed by atoms with Crippen LogP contribution in [0.1, 0.15) is 17.5 Å². The average molecular weight is 362 g/mol. The van der Waals surface area contributed by atoms with Gasteiger partial charge < -0.3 is 15.0 Å². The number of rotatable bonds is 3. The van der Waals surface area contributed by atoms with Crippen LogP contribution in [-0.4, -0.2) is 46.6 Å². The molecule has 5 rings (SSSR count). The fourth-order valence-corrected chi connectivity index (χ4v) is 4.44. The van der Waals surface area contributed by atoms with E-state index >= 15 is 0 Å². The van der Waals surface area contributed by atoms with E-state index in [1.54, 1.807) is 6.20 Å². The van der Waals surface area contributed by atoms with Crippen LogP contribution in [0.5, 0.6) is 0 Å². The Hall–Kier alpha value is -2.70. The number of piperidine rings is 1. The van der Waals surface area contributed by atoms with Crippen LogP contribution in [0.15, 0.2) is 54.9 Å². The summed E-state index contributed by atoms with van der Waals surface area (Å²) >= 11 is 0. The zero-order chi connectivity index (χ0) is 18.3. The lowest BCUT2D eigenvalue weighted by Gasteiger charge is -2.50. The summed E-state index contributed by atoms with van der Waals surface area (Å²) in [4.78, 5) is 22.1. The van der Waals surface area contributed by atoms with Crippen molar-refractivity contribution in [2.75, 3.05) is 19.7 Å². The average Bonchev–Trinajstić information content (AvgIpc) is 3.12. The second-order valence-electron chi connectivity index (χ2n) is 7.38. The highest BCUT2D eigenvalue weighted by atomic mass is 16.5. The van der Waals surface area contributed by atoms with Gasteiger partial charge in [-0.05, 0) is 29.7 Å². The monoisotopic (exact) mass is 362 g/mol. The molecule has 2 aliphatic rings. The number of pyridine rings is 1. The molecule has 0 saturated carbocycles. The number of aromatic amines is 1. The Morgan fingerprint density at radius 1 is 1.22 bits per heavy atom. The van der Waals surface area contributed by atoms with Gasteiger partial charge in [0.1, 0.15) is 12.3 Å². The molecule has 27 heavy (non-hydrogen) atoms. The van der Waals surface area contributed by atoms with Crippen molar-refractivity contribution in [2.24, 2.45) is 0 Å². The van der Waals surface area contributed by atoms with Crippen LogP contribution in [0.4, 0.5) is 0 Å². The lowest BCUT2D eigenvalue weighted by Crippen LogP contribution is -2.66. The summed E-state index contributed by atoms with van der Waals surface area (Å²) in [5.74, 6) is -0.0359. The molecule has 2 aliphatic heterocycles. The number of carbonyl (C=O) groups is 1. The Labute approximate surface area is 157 Å². The van der Waals surface area contributed by atoms with Crippen molar-refractivity contribution in [3.8, 4) is 0 Å². The summed E-state index contributed by atoms with van der Waals surface area (Å²) in [6.07, 6.45) is 4.61.